The molecule has 1 N–H and O–H groups in total. The highest BCUT2D eigenvalue weighted by atomic mass is 19.1. The largest absolute Gasteiger partial charge is 0.493 e. The molecule has 0 unspecified atom stereocenters. The van der Waals surface area contributed by atoms with Gasteiger partial charge >= 0.3 is 6.09 Å². The zero-order valence-corrected chi connectivity index (χ0v) is 30.9. The number of methoxy groups -OCH3 is 1. The Bertz CT molecular complexity index is 2360. The van der Waals surface area contributed by atoms with E-state index in [1.54, 1.807) is 59.9 Å². The van der Waals surface area contributed by atoms with Crippen molar-refractivity contribution in [1.82, 2.24) is 9.80 Å². The quantitative estimate of drug-likeness (QED) is 0.176. The summed E-state index contributed by atoms with van der Waals surface area (Å²) in [6.45, 7) is 2.20. The van der Waals surface area contributed by atoms with Crippen LogP contribution in [0, 0.1) is 25.7 Å². The predicted molar refractivity (Wildman–Crippen MR) is 205 cm³/mol. The molecule has 0 saturated heterocycles. The number of anilines is 1. The lowest BCUT2D eigenvalue weighted by molar-refractivity contribution is 0.0571. The minimum absolute atomic E-state index is 0.000488. The van der Waals surface area contributed by atoms with Crippen molar-refractivity contribution in [2.75, 3.05) is 25.2 Å². The topological polar surface area (TPSA) is 130 Å². The van der Waals surface area contributed by atoms with Crippen molar-refractivity contribution in [3.05, 3.63) is 132 Å². The maximum Gasteiger partial charge on any atom is 0.417 e. The van der Waals surface area contributed by atoms with Crippen molar-refractivity contribution in [3.8, 4) is 17.2 Å². The van der Waals surface area contributed by atoms with Gasteiger partial charge in [-0.1, -0.05) is 24.3 Å². The minimum Gasteiger partial charge on any atom is -0.493 e. The number of halogens is 2. The van der Waals surface area contributed by atoms with E-state index in [4.69, 9.17) is 21.3 Å². The number of hydrogen-bond acceptors (Lipinski definition) is 9. The zero-order valence-electron chi connectivity index (χ0n) is 30.9. The smallest absolute Gasteiger partial charge is 0.417 e. The summed E-state index contributed by atoms with van der Waals surface area (Å²) in [5.74, 6) is -0.530. The minimum atomic E-state index is -1.58. The first-order valence-corrected chi connectivity index (χ1v) is 18.2. The van der Waals surface area contributed by atoms with Crippen LogP contribution in [0.2, 0.25) is 0 Å². The summed E-state index contributed by atoms with van der Waals surface area (Å²) in [5.41, 5.74) is 4.76. The van der Waals surface area contributed by atoms with Gasteiger partial charge in [-0.3, -0.25) is 14.6 Å². The number of carbonyl (C=O) groups excluding carboxylic acids is 3. The second-order valence-electron chi connectivity index (χ2n) is 13.9. The molecule has 3 amide bonds. The van der Waals surface area contributed by atoms with E-state index in [0.29, 0.717) is 41.0 Å². The fraction of sp³-hybridized carbons (Fsp3) is 0.233. The van der Waals surface area contributed by atoms with E-state index in [0.717, 1.165) is 21.6 Å². The van der Waals surface area contributed by atoms with Crippen LogP contribution < -0.4 is 19.1 Å². The number of fused-ring (bicyclic) bond motifs is 4. The van der Waals surface area contributed by atoms with Crippen molar-refractivity contribution in [1.29, 1.82) is 0 Å². The number of rotatable bonds is 9. The van der Waals surface area contributed by atoms with Gasteiger partial charge in [0.15, 0.2) is 24.8 Å². The van der Waals surface area contributed by atoms with Gasteiger partial charge in [0.1, 0.15) is 17.4 Å². The second-order valence-corrected chi connectivity index (χ2v) is 13.9. The average Bonchev–Trinajstić information content (AvgIpc) is 3.82. The van der Waals surface area contributed by atoms with Gasteiger partial charge in [0.2, 0.25) is 0 Å². The number of aliphatic imine (C=N–C) groups is 1. The van der Waals surface area contributed by atoms with Crippen molar-refractivity contribution in [2.45, 2.75) is 44.5 Å². The van der Waals surface area contributed by atoms with Crippen molar-refractivity contribution in [3.63, 3.8) is 0 Å². The molecule has 2 radical (unpaired) electrons. The molecule has 0 aliphatic carbocycles. The number of hydrogen-bond donors (Lipinski definition) is 1. The average molecular weight is 775 g/mol. The van der Waals surface area contributed by atoms with Gasteiger partial charge in [0.25, 0.3) is 11.8 Å². The van der Waals surface area contributed by atoms with E-state index < -0.39 is 30.1 Å². The molecule has 4 aliphatic heterocycles. The van der Waals surface area contributed by atoms with Crippen molar-refractivity contribution >= 4 is 46.6 Å². The van der Waals surface area contributed by atoms with Crippen molar-refractivity contribution < 1.29 is 47.2 Å². The monoisotopic (exact) mass is 774 g/mol. The summed E-state index contributed by atoms with van der Waals surface area (Å²) < 4.78 is 49.4. The molecular weight excluding hydrogens is 738 g/mol. The van der Waals surface area contributed by atoms with Crippen LogP contribution in [0.3, 0.4) is 0 Å². The van der Waals surface area contributed by atoms with Crippen molar-refractivity contribution in [2.24, 2.45) is 4.99 Å². The number of amides is 3. The number of aryl methyl sites for hydroxylation is 1. The third-order valence-corrected chi connectivity index (χ3v) is 10.5. The zero-order chi connectivity index (χ0) is 40.0. The Balaban J connectivity index is 0.956. The second kappa shape index (κ2) is 15.2. The summed E-state index contributed by atoms with van der Waals surface area (Å²) in [5, 5.41) is 11.5. The summed E-state index contributed by atoms with van der Waals surface area (Å²) in [6.07, 6.45) is 3.54. The first-order valence-electron chi connectivity index (χ1n) is 18.2. The molecule has 12 nitrogen and oxygen atoms in total. The van der Waals surface area contributed by atoms with Gasteiger partial charge in [0.05, 0.1) is 54.9 Å². The number of aliphatic hydroxyl groups is 1. The molecule has 14 heteroatoms. The molecule has 3 atom stereocenters. The Hall–Kier alpha value is -6.54. The first kappa shape index (κ1) is 37.4. The highest BCUT2D eigenvalue weighted by molar-refractivity contribution is 6.07. The lowest BCUT2D eigenvalue weighted by Crippen LogP contribution is -2.50. The van der Waals surface area contributed by atoms with Crippen LogP contribution in [0.15, 0.2) is 90.2 Å². The van der Waals surface area contributed by atoms with Crippen LogP contribution in [0.5, 0.6) is 17.2 Å². The number of nitrogens with zero attached hydrogens (tertiary/aromatic N) is 4. The third-order valence-electron chi connectivity index (χ3n) is 10.5. The Labute approximate surface area is 326 Å². The van der Waals surface area contributed by atoms with Gasteiger partial charge in [-0.05, 0) is 77.6 Å². The van der Waals surface area contributed by atoms with Gasteiger partial charge in [-0.15, -0.1) is 0 Å². The third kappa shape index (κ3) is 6.97. The fourth-order valence-electron chi connectivity index (χ4n) is 7.53. The number of aliphatic hydroxyl groups excluding tert-OH is 1. The van der Waals surface area contributed by atoms with Gasteiger partial charge < -0.3 is 33.9 Å². The lowest BCUT2D eigenvalue weighted by Gasteiger charge is -2.31. The van der Waals surface area contributed by atoms with Crippen LogP contribution >= 0.6 is 0 Å². The fourth-order valence-corrected chi connectivity index (χ4v) is 7.53. The van der Waals surface area contributed by atoms with Crippen LogP contribution in [-0.2, 0) is 4.74 Å². The summed E-state index contributed by atoms with van der Waals surface area (Å²) in [4.78, 5) is 49.2. The molecule has 0 aromatic heterocycles. The lowest BCUT2D eigenvalue weighted by atomic mass is 10.0. The molecule has 0 spiro atoms. The highest BCUT2D eigenvalue weighted by Gasteiger charge is 2.45. The Morgan fingerprint density at radius 1 is 0.825 bits per heavy atom. The van der Waals surface area contributed by atoms with Crippen LogP contribution in [0.25, 0.3) is 11.1 Å². The van der Waals surface area contributed by atoms with E-state index in [1.807, 2.05) is 6.92 Å². The van der Waals surface area contributed by atoms with Gasteiger partial charge in [-0.2, -0.15) is 0 Å². The number of ether oxygens (including phenoxy) is 4. The summed E-state index contributed by atoms with van der Waals surface area (Å²) >= 11 is 0. The number of carbonyl (C=O) groups is 3. The number of benzene rings is 4. The molecule has 0 fully saturated rings. The molecule has 8 rings (SSSR count). The molecular formula is C43H36F2N4O8. The standard InChI is InChI=1S/C43H36F2N4O8/c1-24-15-32-34(46-21-31-16-27(22-47(31)40(32)50)25-5-9-29(44)10-6-25)19-37(24)56-13-4-14-57-39-20-35-33(18-38(39)54-2)41(51)48-23-28(26-7-11-30(45)12-8-26)17-36(48)42(52)49(35)43(53)55-3/h3,5-12,15,18-23,31,36,42,52H,4,13-14,16-17H2,1-2H3/t31-,36-,42-/m0/s1. The highest BCUT2D eigenvalue weighted by Crippen LogP contribution is 2.43. The molecule has 57 heavy (non-hydrogen) atoms. The van der Waals surface area contributed by atoms with Gasteiger partial charge in [-0.25, -0.2) is 18.5 Å². The van der Waals surface area contributed by atoms with E-state index >= 15 is 0 Å². The van der Waals surface area contributed by atoms with E-state index in [-0.39, 0.29) is 60.2 Å². The van der Waals surface area contributed by atoms with E-state index in [1.165, 1.54) is 48.4 Å². The first-order chi connectivity index (χ1) is 27.5. The molecule has 4 aromatic rings. The molecule has 0 saturated carbocycles. The van der Waals surface area contributed by atoms with Crippen LogP contribution in [0.4, 0.5) is 25.0 Å². The van der Waals surface area contributed by atoms with E-state index in [2.05, 4.69) is 9.73 Å². The summed E-state index contributed by atoms with van der Waals surface area (Å²) in [7, 11) is 6.70. The molecule has 4 aliphatic rings. The SMILES string of the molecule is [CH]OC(=O)N1c2cc(OCCCOc3cc4c(cc3C)C(=O)N3C=C(c5ccc(F)cc5)C[C@H]3C=N4)c(OC)cc2C(=O)N2C=C(c3ccc(F)cc3)C[C@H]2[C@@H]1O. The molecule has 4 heterocycles. The summed E-state index contributed by atoms with van der Waals surface area (Å²) in [6, 6.07) is 17.1. The molecule has 0 bridgehead atoms. The normalized spacial score (nSPS) is 19.5. The Morgan fingerprint density at radius 2 is 1.44 bits per heavy atom. The molecule has 290 valence electrons. The van der Waals surface area contributed by atoms with Crippen LogP contribution in [0.1, 0.15) is 56.7 Å². The maximum absolute atomic E-state index is 14.0. The predicted octanol–water partition coefficient (Wildman–Crippen LogP) is 7.30. The Morgan fingerprint density at radius 3 is 2.09 bits per heavy atom. The van der Waals surface area contributed by atoms with Gasteiger partial charge in [0, 0.05) is 43.6 Å². The van der Waals surface area contributed by atoms with E-state index in [9.17, 15) is 28.3 Å². The maximum atomic E-state index is 14.0. The molecule has 4 aromatic carbocycles. The Kier molecular flexibility index (Phi) is 9.96. The van der Waals surface area contributed by atoms with Crippen LogP contribution in [-0.4, -0.2) is 77.7 Å².